The van der Waals surface area contributed by atoms with Crippen molar-refractivity contribution in [3.63, 3.8) is 0 Å². The first-order valence-corrected chi connectivity index (χ1v) is 4.75. The van der Waals surface area contributed by atoms with Gasteiger partial charge in [-0.05, 0) is 12.8 Å². The van der Waals surface area contributed by atoms with Gasteiger partial charge in [-0.3, -0.25) is 9.00 Å². The lowest BCUT2D eigenvalue weighted by molar-refractivity contribution is -0.117. The van der Waals surface area contributed by atoms with E-state index in [2.05, 4.69) is 0 Å². The van der Waals surface area contributed by atoms with E-state index in [1.807, 2.05) is 0 Å². The molecule has 0 spiro atoms. The summed E-state index contributed by atoms with van der Waals surface area (Å²) in [4.78, 5) is 10.8. The second-order valence-corrected chi connectivity index (χ2v) is 3.89. The highest BCUT2D eigenvalue weighted by Gasteiger charge is 2.29. The molecule has 0 saturated heterocycles. The Bertz CT molecular complexity index is 149. The van der Waals surface area contributed by atoms with Crippen LogP contribution in [0.5, 0.6) is 0 Å². The van der Waals surface area contributed by atoms with Gasteiger partial charge < -0.3 is 0 Å². The van der Waals surface area contributed by atoms with Crippen molar-refractivity contribution in [2.75, 3.05) is 12.0 Å². The number of hydrogen-bond acceptors (Lipinski definition) is 2. The molecule has 0 aromatic heterocycles. The molecule has 1 aliphatic rings. The van der Waals surface area contributed by atoms with Crippen molar-refractivity contribution >= 4 is 16.6 Å². The minimum atomic E-state index is -0.926. The van der Waals surface area contributed by atoms with E-state index < -0.39 is 10.8 Å². The summed E-state index contributed by atoms with van der Waals surface area (Å²) < 4.78 is 10.5. The molecule has 0 amide bonds. The Hall–Kier alpha value is -0.180. The largest absolute Gasteiger partial charge is 0.298 e. The van der Waals surface area contributed by atoms with E-state index >= 15 is 0 Å². The van der Waals surface area contributed by atoms with Gasteiger partial charge in [0.2, 0.25) is 0 Å². The average Bonchev–Trinajstić information content (AvgIpc) is 2.40. The van der Waals surface area contributed by atoms with Crippen molar-refractivity contribution in [2.45, 2.75) is 12.8 Å². The lowest BCUT2D eigenvalue weighted by Gasteiger charge is -1.90. The summed E-state index contributed by atoms with van der Waals surface area (Å²) in [5.41, 5.74) is 0. The number of hydrogen-bond donors (Lipinski definition) is 0. The number of carbonyl (C=O) groups is 1. The molecular weight excluding hydrogens is 136 g/mol. The second kappa shape index (κ2) is 2.60. The standard InChI is InChI=1S/C6H10O2S/c1-9(8)4-6(7)5-2-3-5/h5H,2-4H2,1H3. The smallest absolute Gasteiger partial charge is 0.148 e. The van der Waals surface area contributed by atoms with Crippen LogP contribution in [0.15, 0.2) is 0 Å². The third-order valence-corrected chi connectivity index (χ3v) is 2.07. The molecule has 0 aliphatic heterocycles. The lowest BCUT2D eigenvalue weighted by atomic mass is 10.3. The Morgan fingerprint density at radius 2 is 2.22 bits per heavy atom. The Morgan fingerprint density at radius 3 is 2.56 bits per heavy atom. The van der Waals surface area contributed by atoms with Crippen LogP contribution in [-0.4, -0.2) is 22.0 Å². The Kier molecular flexibility index (Phi) is 2.01. The van der Waals surface area contributed by atoms with Gasteiger partial charge >= 0.3 is 0 Å². The van der Waals surface area contributed by atoms with Crippen LogP contribution >= 0.6 is 0 Å². The molecule has 0 aromatic rings. The number of rotatable bonds is 3. The van der Waals surface area contributed by atoms with Gasteiger partial charge in [0.1, 0.15) is 5.78 Å². The molecule has 0 N–H and O–H groups in total. The van der Waals surface area contributed by atoms with Crippen molar-refractivity contribution < 1.29 is 9.00 Å². The number of Topliss-reactive ketones (excluding diaryl/α,β-unsaturated/α-hetero) is 1. The van der Waals surface area contributed by atoms with Crippen molar-refractivity contribution in [3.8, 4) is 0 Å². The Labute approximate surface area is 57.1 Å². The minimum absolute atomic E-state index is 0.191. The van der Waals surface area contributed by atoms with Gasteiger partial charge in [0.05, 0.1) is 5.75 Å². The predicted molar refractivity (Wildman–Crippen MR) is 36.7 cm³/mol. The first-order chi connectivity index (χ1) is 4.20. The van der Waals surface area contributed by atoms with Crippen LogP contribution in [0.2, 0.25) is 0 Å². The molecule has 52 valence electrons. The number of ketones is 1. The van der Waals surface area contributed by atoms with Crippen molar-refractivity contribution in [1.29, 1.82) is 0 Å². The topological polar surface area (TPSA) is 34.1 Å². The molecule has 3 heteroatoms. The van der Waals surface area contributed by atoms with Crippen LogP contribution < -0.4 is 0 Å². The van der Waals surface area contributed by atoms with Gasteiger partial charge in [-0.1, -0.05) is 0 Å². The van der Waals surface area contributed by atoms with Crippen LogP contribution in [0, 0.1) is 5.92 Å². The third-order valence-electron chi connectivity index (χ3n) is 1.38. The van der Waals surface area contributed by atoms with E-state index in [-0.39, 0.29) is 17.5 Å². The zero-order valence-corrected chi connectivity index (χ0v) is 6.24. The summed E-state index contributed by atoms with van der Waals surface area (Å²) in [6, 6.07) is 0. The van der Waals surface area contributed by atoms with Crippen molar-refractivity contribution in [3.05, 3.63) is 0 Å². The highest BCUT2D eigenvalue weighted by molar-refractivity contribution is 7.85. The summed E-state index contributed by atoms with van der Waals surface area (Å²) >= 11 is 0. The van der Waals surface area contributed by atoms with Gasteiger partial charge in [-0.15, -0.1) is 0 Å². The SMILES string of the molecule is CS(=O)CC(=O)C1CC1. The molecule has 1 fully saturated rings. The molecule has 0 aromatic carbocycles. The summed E-state index contributed by atoms with van der Waals surface area (Å²) in [5.74, 6) is 0.731. The summed E-state index contributed by atoms with van der Waals surface area (Å²) in [7, 11) is -0.926. The van der Waals surface area contributed by atoms with E-state index in [1.165, 1.54) is 0 Å². The summed E-state index contributed by atoms with van der Waals surface area (Å²) in [6.07, 6.45) is 3.62. The molecular formula is C6H10O2S. The van der Waals surface area contributed by atoms with Crippen LogP contribution in [0.1, 0.15) is 12.8 Å². The molecule has 9 heavy (non-hydrogen) atoms. The van der Waals surface area contributed by atoms with E-state index in [0.717, 1.165) is 12.8 Å². The van der Waals surface area contributed by atoms with Crippen LogP contribution in [0.25, 0.3) is 0 Å². The maximum atomic E-state index is 10.8. The van der Waals surface area contributed by atoms with Gasteiger partial charge in [0, 0.05) is 23.0 Å². The maximum absolute atomic E-state index is 10.8. The van der Waals surface area contributed by atoms with E-state index in [1.54, 1.807) is 6.26 Å². The van der Waals surface area contributed by atoms with Crippen LogP contribution in [0.3, 0.4) is 0 Å². The van der Waals surface area contributed by atoms with Gasteiger partial charge in [-0.25, -0.2) is 0 Å². The normalized spacial score (nSPS) is 21.4. The number of carbonyl (C=O) groups excluding carboxylic acids is 1. The fourth-order valence-electron chi connectivity index (χ4n) is 0.723. The van der Waals surface area contributed by atoms with E-state index in [4.69, 9.17) is 0 Å². The molecule has 0 radical (unpaired) electrons. The van der Waals surface area contributed by atoms with Crippen molar-refractivity contribution in [2.24, 2.45) is 5.92 Å². The molecule has 2 nitrogen and oxygen atoms in total. The highest BCUT2D eigenvalue weighted by atomic mass is 32.2. The first-order valence-electron chi connectivity index (χ1n) is 3.03. The van der Waals surface area contributed by atoms with E-state index in [0.29, 0.717) is 0 Å². The highest BCUT2D eigenvalue weighted by Crippen LogP contribution is 2.29. The zero-order chi connectivity index (χ0) is 6.85. The Morgan fingerprint density at radius 1 is 1.67 bits per heavy atom. The third kappa shape index (κ3) is 2.26. The zero-order valence-electron chi connectivity index (χ0n) is 5.42. The lowest BCUT2D eigenvalue weighted by Crippen LogP contribution is -2.10. The van der Waals surface area contributed by atoms with Gasteiger partial charge in [-0.2, -0.15) is 0 Å². The van der Waals surface area contributed by atoms with Gasteiger partial charge in [0.15, 0.2) is 0 Å². The molecule has 1 saturated carbocycles. The summed E-state index contributed by atoms with van der Waals surface area (Å²) in [5, 5.41) is 0. The molecule has 1 aliphatic carbocycles. The van der Waals surface area contributed by atoms with Gasteiger partial charge in [0.25, 0.3) is 0 Å². The van der Waals surface area contributed by atoms with Crippen LogP contribution in [-0.2, 0) is 15.6 Å². The second-order valence-electron chi connectivity index (χ2n) is 2.46. The van der Waals surface area contributed by atoms with E-state index in [9.17, 15) is 9.00 Å². The average molecular weight is 146 g/mol. The summed E-state index contributed by atoms with van der Waals surface area (Å²) in [6.45, 7) is 0. The quantitative estimate of drug-likeness (QED) is 0.575. The molecule has 1 rings (SSSR count). The maximum Gasteiger partial charge on any atom is 0.148 e. The molecule has 0 heterocycles. The monoisotopic (exact) mass is 146 g/mol. The molecule has 1 atom stereocenters. The fraction of sp³-hybridized carbons (Fsp3) is 0.833. The van der Waals surface area contributed by atoms with Crippen molar-refractivity contribution in [1.82, 2.24) is 0 Å². The Balaban J connectivity index is 2.26. The fourth-order valence-corrected chi connectivity index (χ4v) is 1.36. The molecule has 1 unspecified atom stereocenters. The molecule has 0 bridgehead atoms. The minimum Gasteiger partial charge on any atom is -0.298 e. The van der Waals surface area contributed by atoms with Crippen LogP contribution in [0.4, 0.5) is 0 Å². The predicted octanol–water partition coefficient (Wildman–Crippen LogP) is 0.344. The first kappa shape index (κ1) is 6.93.